The molecule has 0 spiro atoms. The molecule has 1 aromatic carbocycles. The van der Waals surface area contributed by atoms with Gasteiger partial charge in [0.15, 0.2) is 0 Å². The van der Waals surface area contributed by atoms with Gasteiger partial charge in [0.05, 0.1) is 23.0 Å². The van der Waals surface area contributed by atoms with Crippen molar-refractivity contribution >= 4 is 29.2 Å². The van der Waals surface area contributed by atoms with Gasteiger partial charge in [-0.2, -0.15) is 9.50 Å². The fourth-order valence-electron chi connectivity index (χ4n) is 2.16. The molecule has 2 heterocycles. The Kier molecular flexibility index (Phi) is 4.89. The predicted octanol–water partition coefficient (Wildman–Crippen LogP) is 2.35. The van der Waals surface area contributed by atoms with Crippen molar-refractivity contribution in [1.82, 2.24) is 19.6 Å². The number of aromatic nitrogens is 4. The predicted molar refractivity (Wildman–Crippen MR) is 90.2 cm³/mol. The van der Waals surface area contributed by atoms with Gasteiger partial charge in [-0.25, -0.2) is 4.98 Å². The number of carbonyl (C=O) groups is 1. The van der Waals surface area contributed by atoms with Crippen LogP contribution in [0.1, 0.15) is 6.92 Å². The second kappa shape index (κ2) is 7.26. The summed E-state index contributed by atoms with van der Waals surface area (Å²) in [5.41, 5.74) is 1.22. The van der Waals surface area contributed by atoms with Crippen LogP contribution in [-0.4, -0.2) is 42.8 Å². The largest absolute Gasteiger partial charge is 0.465 e. The number of hydrogen-bond donors (Lipinski definition) is 0. The molecule has 0 saturated heterocycles. The second-order valence-electron chi connectivity index (χ2n) is 4.84. The molecule has 0 aliphatic rings. The number of nitro groups is 1. The molecule has 0 unspecified atom stereocenters. The molecule has 0 saturated carbocycles. The van der Waals surface area contributed by atoms with Gasteiger partial charge in [-0.3, -0.25) is 14.9 Å². The number of hydrogen-bond acceptors (Lipinski definition) is 8. The van der Waals surface area contributed by atoms with Crippen LogP contribution in [0.15, 0.2) is 41.7 Å². The van der Waals surface area contributed by atoms with Gasteiger partial charge in [-0.15, -0.1) is 5.10 Å². The molecule has 0 fully saturated rings. The maximum atomic E-state index is 11.4. The minimum atomic E-state index is -0.455. The van der Waals surface area contributed by atoms with Crippen LogP contribution in [0, 0.1) is 10.1 Å². The number of nitrogens with zero attached hydrogens (tertiary/aromatic N) is 5. The van der Waals surface area contributed by atoms with Gasteiger partial charge in [0.2, 0.25) is 5.16 Å². The van der Waals surface area contributed by atoms with Crippen molar-refractivity contribution in [2.45, 2.75) is 12.1 Å². The number of esters is 1. The van der Waals surface area contributed by atoms with Crippen molar-refractivity contribution in [2.75, 3.05) is 12.4 Å². The summed E-state index contributed by atoms with van der Waals surface area (Å²) >= 11 is 1.14. The van der Waals surface area contributed by atoms with Crippen molar-refractivity contribution < 1.29 is 14.5 Å². The molecule has 0 amide bonds. The van der Waals surface area contributed by atoms with Gasteiger partial charge < -0.3 is 4.74 Å². The van der Waals surface area contributed by atoms with E-state index in [1.165, 1.54) is 16.6 Å². The van der Waals surface area contributed by atoms with E-state index in [-0.39, 0.29) is 17.4 Å². The number of ether oxygens (including phenoxy) is 1. The minimum Gasteiger partial charge on any atom is -0.465 e. The lowest BCUT2D eigenvalue weighted by Gasteiger charge is -2.03. The summed E-state index contributed by atoms with van der Waals surface area (Å²) in [5, 5.41) is 15.7. The fraction of sp³-hybridized carbons (Fsp3) is 0.200. The zero-order chi connectivity index (χ0) is 17.8. The highest BCUT2D eigenvalue weighted by Crippen LogP contribution is 2.24. The Hall–Kier alpha value is -3.01. The van der Waals surface area contributed by atoms with Crippen molar-refractivity contribution in [3.63, 3.8) is 0 Å². The highest BCUT2D eigenvalue weighted by molar-refractivity contribution is 7.99. The Balaban J connectivity index is 1.93. The average molecular weight is 359 g/mol. The summed E-state index contributed by atoms with van der Waals surface area (Å²) in [6.07, 6.45) is 1.55. The van der Waals surface area contributed by atoms with Crippen LogP contribution in [0.3, 0.4) is 0 Å². The number of carbonyl (C=O) groups excluding carboxylic acids is 1. The number of nitro benzene ring substituents is 1. The minimum absolute atomic E-state index is 0.0144. The fourth-order valence-corrected chi connectivity index (χ4v) is 2.78. The Bertz CT molecular complexity index is 943. The quantitative estimate of drug-likeness (QED) is 0.285. The molecule has 0 N–H and O–H groups in total. The summed E-state index contributed by atoms with van der Waals surface area (Å²) < 4.78 is 6.36. The van der Waals surface area contributed by atoms with Crippen molar-refractivity contribution in [2.24, 2.45) is 0 Å². The normalized spacial score (nSPS) is 10.8. The Labute approximate surface area is 146 Å². The van der Waals surface area contributed by atoms with Crippen LogP contribution < -0.4 is 0 Å². The molecule has 0 aliphatic carbocycles. The zero-order valence-electron chi connectivity index (χ0n) is 13.2. The Morgan fingerprint density at radius 2 is 2.24 bits per heavy atom. The first-order valence-corrected chi connectivity index (χ1v) is 8.32. The molecule has 3 rings (SSSR count). The average Bonchev–Trinajstić information content (AvgIpc) is 3.03. The molecule has 128 valence electrons. The van der Waals surface area contributed by atoms with Crippen molar-refractivity contribution in [1.29, 1.82) is 0 Å². The number of non-ortho nitro benzene ring substituents is 1. The molecule has 0 radical (unpaired) electrons. The van der Waals surface area contributed by atoms with Crippen LogP contribution in [0.2, 0.25) is 0 Å². The molecule has 2 aromatic heterocycles. The smallest absolute Gasteiger partial charge is 0.316 e. The van der Waals surface area contributed by atoms with Crippen LogP contribution in [0.4, 0.5) is 5.69 Å². The third kappa shape index (κ3) is 3.74. The molecule has 0 bridgehead atoms. The topological polar surface area (TPSA) is 113 Å². The van der Waals surface area contributed by atoms with E-state index in [9.17, 15) is 14.9 Å². The lowest BCUT2D eigenvalue weighted by molar-refractivity contribution is -0.384. The van der Waals surface area contributed by atoms with E-state index in [1.807, 2.05) is 0 Å². The molecule has 10 heteroatoms. The summed E-state index contributed by atoms with van der Waals surface area (Å²) in [6.45, 7) is 2.05. The van der Waals surface area contributed by atoms with Crippen molar-refractivity contribution in [3.05, 3.63) is 46.6 Å². The van der Waals surface area contributed by atoms with Crippen LogP contribution in [0.5, 0.6) is 0 Å². The molecule has 0 atom stereocenters. The first-order chi connectivity index (χ1) is 12.1. The van der Waals surface area contributed by atoms with Crippen molar-refractivity contribution in [3.8, 4) is 11.3 Å². The highest BCUT2D eigenvalue weighted by Gasteiger charge is 2.14. The summed E-state index contributed by atoms with van der Waals surface area (Å²) in [5.74, 6) is 0.0882. The molecule has 3 aromatic rings. The number of thioether (sulfide) groups is 1. The summed E-state index contributed by atoms with van der Waals surface area (Å²) in [4.78, 5) is 30.3. The van der Waals surface area contributed by atoms with E-state index >= 15 is 0 Å². The van der Waals surface area contributed by atoms with E-state index < -0.39 is 4.92 Å². The van der Waals surface area contributed by atoms with E-state index in [0.717, 1.165) is 11.8 Å². The second-order valence-corrected chi connectivity index (χ2v) is 5.78. The van der Waals surface area contributed by atoms with Gasteiger partial charge in [-0.1, -0.05) is 23.9 Å². The zero-order valence-corrected chi connectivity index (χ0v) is 14.0. The first-order valence-electron chi connectivity index (χ1n) is 7.33. The molecular formula is C15H13N5O4S. The Morgan fingerprint density at radius 1 is 1.40 bits per heavy atom. The summed E-state index contributed by atoms with van der Waals surface area (Å²) in [7, 11) is 0. The van der Waals surface area contributed by atoms with Gasteiger partial charge in [0.1, 0.15) is 0 Å². The monoisotopic (exact) mass is 359 g/mol. The molecule has 9 nitrogen and oxygen atoms in total. The molecule has 0 aliphatic heterocycles. The standard InChI is InChI=1S/C15H13N5O4S/c1-2-24-13(21)9-25-15-17-14-16-7-6-12(19(14)18-15)10-4-3-5-11(8-10)20(22)23/h3-8H,2,9H2,1H3. The van der Waals surface area contributed by atoms with E-state index in [2.05, 4.69) is 15.1 Å². The van der Waals surface area contributed by atoms with E-state index in [0.29, 0.717) is 28.8 Å². The third-order valence-electron chi connectivity index (χ3n) is 3.20. The number of benzene rings is 1. The van der Waals surface area contributed by atoms with E-state index in [1.54, 1.807) is 31.3 Å². The lowest BCUT2D eigenvalue weighted by Crippen LogP contribution is -2.06. The van der Waals surface area contributed by atoms with Crippen LogP contribution >= 0.6 is 11.8 Å². The van der Waals surface area contributed by atoms with E-state index in [4.69, 9.17) is 4.74 Å². The maximum Gasteiger partial charge on any atom is 0.316 e. The molecule has 25 heavy (non-hydrogen) atoms. The number of rotatable bonds is 6. The Morgan fingerprint density at radius 3 is 3.00 bits per heavy atom. The lowest BCUT2D eigenvalue weighted by atomic mass is 10.1. The van der Waals surface area contributed by atoms with Gasteiger partial charge in [0, 0.05) is 23.9 Å². The van der Waals surface area contributed by atoms with Gasteiger partial charge in [-0.05, 0) is 13.0 Å². The SMILES string of the molecule is CCOC(=O)CSc1nc2nccc(-c3cccc([N+](=O)[O-])c3)n2n1. The third-order valence-corrected chi connectivity index (χ3v) is 4.01. The van der Waals surface area contributed by atoms with Gasteiger partial charge in [0.25, 0.3) is 11.5 Å². The maximum absolute atomic E-state index is 11.4. The highest BCUT2D eigenvalue weighted by atomic mass is 32.2. The van der Waals surface area contributed by atoms with Crippen LogP contribution in [-0.2, 0) is 9.53 Å². The van der Waals surface area contributed by atoms with Gasteiger partial charge >= 0.3 is 5.97 Å². The van der Waals surface area contributed by atoms with Crippen LogP contribution in [0.25, 0.3) is 17.0 Å². The number of fused-ring (bicyclic) bond motifs is 1. The summed E-state index contributed by atoms with van der Waals surface area (Å²) in [6, 6.07) is 7.92. The first kappa shape index (κ1) is 16.8. The molecular weight excluding hydrogens is 346 g/mol.